The largest absolute Gasteiger partial charge is 0.303 e. The predicted octanol–water partition coefficient (Wildman–Crippen LogP) is -0.0970. The van der Waals surface area contributed by atoms with Crippen molar-refractivity contribution in [1.29, 1.82) is 0 Å². The van der Waals surface area contributed by atoms with Crippen LogP contribution in [0, 0.1) is 0 Å². The predicted molar refractivity (Wildman–Crippen MR) is 62.4 cm³/mol. The summed E-state index contributed by atoms with van der Waals surface area (Å²) in [6.45, 7) is 0.0722. The second kappa shape index (κ2) is 5.92. The zero-order chi connectivity index (χ0) is 12.1. The second-order valence-corrected chi connectivity index (χ2v) is 3.97. The SMILES string of the molecule is O=CCCN(C(=O)CI)N1C(=O)CCC1=O. The highest BCUT2D eigenvalue weighted by molar-refractivity contribution is 14.1. The fourth-order valence-corrected chi connectivity index (χ4v) is 1.81. The summed E-state index contributed by atoms with van der Waals surface area (Å²) in [5, 5.41) is 1.93. The van der Waals surface area contributed by atoms with Crippen LogP contribution in [0.3, 0.4) is 0 Å². The van der Waals surface area contributed by atoms with Crippen LogP contribution in [-0.2, 0) is 19.2 Å². The van der Waals surface area contributed by atoms with Crippen LogP contribution < -0.4 is 0 Å². The van der Waals surface area contributed by atoms with Crippen molar-refractivity contribution in [1.82, 2.24) is 10.0 Å². The molecule has 0 spiro atoms. The van der Waals surface area contributed by atoms with Crippen molar-refractivity contribution < 1.29 is 19.2 Å². The summed E-state index contributed by atoms with van der Waals surface area (Å²) in [5.41, 5.74) is 0. The Kier molecular flexibility index (Phi) is 4.84. The maximum Gasteiger partial charge on any atom is 0.251 e. The number of hydrogen-bond donors (Lipinski definition) is 0. The van der Waals surface area contributed by atoms with E-state index >= 15 is 0 Å². The van der Waals surface area contributed by atoms with Gasteiger partial charge in [0.15, 0.2) is 0 Å². The molecule has 1 saturated heterocycles. The molecular weight excluding hydrogens is 327 g/mol. The highest BCUT2D eigenvalue weighted by atomic mass is 127. The molecule has 0 unspecified atom stereocenters. The summed E-state index contributed by atoms with van der Waals surface area (Å²) in [4.78, 5) is 44.7. The van der Waals surface area contributed by atoms with Gasteiger partial charge < -0.3 is 4.79 Å². The van der Waals surface area contributed by atoms with E-state index in [2.05, 4.69) is 0 Å². The van der Waals surface area contributed by atoms with Crippen molar-refractivity contribution in [2.45, 2.75) is 19.3 Å². The fraction of sp³-hybridized carbons (Fsp3) is 0.556. The number of carbonyl (C=O) groups is 4. The van der Waals surface area contributed by atoms with Gasteiger partial charge in [0.1, 0.15) is 6.29 Å². The average molecular weight is 338 g/mol. The fourth-order valence-electron chi connectivity index (χ4n) is 1.41. The topological polar surface area (TPSA) is 74.8 Å². The van der Waals surface area contributed by atoms with Gasteiger partial charge in [-0.15, -0.1) is 0 Å². The summed E-state index contributed by atoms with van der Waals surface area (Å²) in [5.74, 6) is -1.10. The molecular formula is C9H11IN2O4. The molecule has 0 radical (unpaired) electrons. The maximum atomic E-state index is 11.6. The minimum absolute atomic E-state index is 0.0722. The zero-order valence-corrected chi connectivity index (χ0v) is 10.7. The van der Waals surface area contributed by atoms with Crippen LogP contribution in [0.25, 0.3) is 0 Å². The first kappa shape index (κ1) is 13.1. The number of amides is 3. The van der Waals surface area contributed by atoms with E-state index in [1.165, 1.54) is 0 Å². The van der Waals surface area contributed by atoms with Gasteiger partial charge in [-0.3, -0.25) is 14.4 Å². The van der Waals surface area contributed by atoms with Crippen molar-refractivity contribution in [2.75, 3.05) is 11.0 Å². The van der Waals surface area contributed by atoms with Gasteiger partial charge in [-0.1, -0.05) is 22.6 Å². The Labute approximate surface area is 106 Å². The molecule has 88 valence electrons. The standard InChI is InChI=1S/C9H11IN2O4/c10-6-9(16)11(4-1-5-13)12-7(14)2-3-8(12)15/h5H,1-4,6H2. The third kappa shape index (κ3) is 2.77. The lowest BCUT2D eigenvalue weighted by Crippen LogP contribution is -2.50. The van der Waals surface area contributed by atoms with Crippen molar-refractivity contribution in [2.24, 2.45) is 0 Å². The van der Waals surface area contributed by atoms with Gasteiger partial charge in [-0.2, -0.15) is 5.01 Å². The highest BCUT2D eigenvalue weighted by Crippen LogP contribution is 2.15. The molecule has 1 fully saturated rings. The van der Waals surface area contributed by atoms with Gasteiger partial charge in [0.05, 0.1) is 4.43 Å². The Bertz CT molecular complexity index is 315. The van der Waals surface area contributed by atoms with E-state index in [9.17, 15) is 19.2 Å². The molecule has 1 aliphatic rings. The van der Waals surface area contributed by atoms with E-state index in [1.54, 1.807) is 0 Å². The molecule has 6 nitrogen and oxygen atoms in total. The molecule has 0 atom stereocenters. The van der Waals surface area contributed by atoms with Crippen LogP contribution in [-0.4, -0.2) is 45.0 Å². The molecule has 0 aliphatic carbocycles. The lowest BCUT2D eigenvalue weighted by Gasteiger charge is -2.28. The first-order chi connectivity index (χ1) is 7.61. The summed E-state index contributed by atoms with van der Waals surface area (Å²) >= 11 is 1.85. The normalized spacial score (nSPS) is 15.4. The Morgan fingerprint density at radius 2 is 1.94 bits per heavy atom. The minimum atomic E-state index is -0.380. The molecule has 0 bridgehead atoms. The molecule has 0 aromatic rings. The Hall–Kier alpha value is -0.990. The number of rotatable bonds is 5. The van der Waals surface area contributed by atoms with Crippen LogP contribution in [0.2, 0.25) is 0 Å². The number of hydrazine groups is 1. The van der Waals surface area contributed by atoms with E-state index in [1.807, 2.05) is 22.6 Å². The number of imide groups is 1. The van der Waals surface area contributed by atoms with Crippen molar-refractivity contribution in [3.63, 3.8) is 0 Å². The number of halogens is 1. The quantitative estimate of drug-likeness (QED) is 0.304. The number of aldehydes is 1. The lowest BCUT2D eigenvalue weighted by atomic mass is 10.4. The van der Waals surface area contributed by atoms with E-state index in [0.29, 0.717) is 6.29 Å². The number of hydrogen-bond acceptors (Lipinski definition) is 4. The first-order valence-electron chi connectivity index (χ1n) is 4.77. The molecule has 16 heavy (non-hydrogen) atoms. The Morgan fingerprint density at radius 3 is 2.38 bits per heavy atom. The van der Waals surface area contributed by atoms with E-state index < -0.39 is 0 Å². The van der Waals surface area contributed by atoms with E-state index in [-0.39, 0.29) is 48.0 Å². The van der Waals surface area contributed by atoms with Crippen LogP contribution in [0.5, 0.6) is 0 Å². The van der Waals surface area contributed by atoms with Crippen molar-refractivity contribution in [3.05, 3.63) is 0 Å². The highest BCUT2D eigenvalue weighted by Gasteiger charge is 2.35. The van der Waals surface area contributed by atoms with E-state index in [4.69, 9.17) is 0 Å². The summed E-state index contributed by atoms with van der Waals surface area (Å²) in [6, 6.07) is 0. The third-order valence-corrected chi connectivity index (χ3v) is 2.78. The van der Waals surface area contributed by atoms with Gasteiger partial charge in [-0.25, -0.2) is 5.01 Å². The van der Waals surface area contributed by atoms with Crippen LogP contribution >= 0.6 is 22.6 Å². The monoisotopic (exact) mass is 338 g/mol. The van der Waals surface area contributed by atoms with Crippen LogP contribution in [0.15, 0.2) is 0 Å². The van der Waals surface area contributed by atoms with E-state index in [0.717, 1.165) is 10.0 Å². The number of alkyl halides is 1. The minimum Gasteiger partial charge on any atom is -0.303 e. The molecule has 0 aromatic heterocycles. The number of carbonyl (C=O) groups excluding carboxylic acids is 4. The summed E-state index contributed by atoms with van der Waals surface area (Å²) in [6.07, 6.45) is 1.02. The van der Waals surface area contributed by atoms with Gasteiger partial charge >= 0.3 is 0 Å². The molecule has 0 saturated carbocycles. The molecule has 1 aliphatic heterocycles. The molecule has 7 heteroatoms. The number of nitrogens with zero attached hydrogens (tertiary/aromatic N) is 2. The average Bonchev–Trinajstić information content (AvgIpc) is 2.60. The third-order valence-electron chi connectivity index (χ3n) is 2.13. The Balaban J connectivity index is 2.82. The summed E-state index contributed by atoms with van der Waals surface area (Å²) < 4.78 is 0.160. The molecule has 0 N–H and O–H groups in total. The van der Waals surface area contributed by atoms with Crippen molar-refractivity contribution >= 4 is 46.6 Å². The van der Waals surface area contributed by atoms with Gasteiger partial charge in [0.2, 0.25) is 11.8 Å². The summed E-state index contributed by atoms with van der Waals surface area (Å²) in [7, 11) is 0. The maximum absolute atomic E-state index is 11.6. The van der Waals surface area contributed by atoms with Gasteiger partial charge in [0, 0.05) is 25.8 Å². The smallest absolute Gasteiger partial charge is 0.251 e. The molecule has 1 rings (SSSR count). The van der Waals surface area contributed by atoms with Crippen molar-refractivity contribution in [3.8, 4) is 0 Å². The molecule has 0 aromatic carbocycles. The molecule has 3 amide bonds. The molecule has 1 heterocycles. The Morgan fingerprint density at radius 1 is 1.38 bits per heavy atom. The second-order valence-electron chi connectivity index (χ2n) is 3.21. The van der Waals surface area contributed by atoms with Gasteiger partial charge in [-0.05, 0) is 0 Å². The lowest BCUT2D eigenvalue weighted by molar-refractivity contribution is -0.167. The van der Waals surface area contributed by atoms with Crippen LogP contribution in [0.1, 0.15) is 19.3 Å². The zero-order valence-electron chi connectivity index (χ0n) is 8.52. The first-order valence-corrected chi connectivity index (χ1v) is 6.30. The van der Waals surface area contributed by atoms with Crippen LogP contribution in [0.4, 0.5) is 0 Å². The van der Waals surface area contributed by atoms with Gasteiger partial charge in [0.25, 0.3) is 5.91 Å².